The first kappa shape index (κ1) is 19.1. The first-order chi connectivity index (χ1) is 14.7. The van der Waals surface area contributed by atoms with E-state index in [2.05, 4.69) is 54.7 Å². The molecule has 0 aliphatic carbocycles. The molecule has 0 radical (unpaired) electrons. The van der Waals surface area contributed by atoms with Crippen molar-refractivity contribution in [3.63, 3.8) is 0 Å². The third kappa shape index (κ3) is 3.43. The smallest absolute Gasteiger partial charge is 0.339 e. The van der Waals surface area contributed by atoms with Gasteiger partial charge in [0.1, 0.15) is 22.9 Å². The average Bonchev–Trinajstić information content (AvgIpc) is 3.14. The van der Waals surface area contributed by atoms with Crippen LogP contribution in [0.15, 0.2) is 36.7 Å². The lowest BCUT2D eigenvalue weighted by atomic mass is 10.1. The molecule has 0 unspecified atom stereocenters. The lowest BCUT2D eigenvalue weighted by Gasteiger charge is -2.35. The molecule has 30 heavy (non-hydrogen) atoms. The number of fused-ring (bicyclic) bond motifs is 3. The number of carboxylic acid groups (broad SMARTS) is 1. The highest BCUT2D eigenvalue weighted by Crippen LogP contribution is 2.34. The average molecular weight is 406 g/mol. The fraction of sp³-hybridized carbons (Fsp3) is 0.435. The summed E-state index contributed by atoms with van der Waals surface area (Å²) in [4.78, 5) is 25.8. The van der Waals surface area contributed by atoms with Crippen LogP contribution < -0.4 is 4.90 Å². The van der Waals surface area contributed by atoms with Gasteiger partial charge in [0.2, 0.25) is 0 Å². The fourth-order valence-corrected chi connectivity index (χ4v) is 4.85. The molecule has 1 fully saturated rings. The highest BCUT2D eigenvalue weighted by atomic mass is 16.4. The van der Waals surface area contributed by atoms with Gasteiger partial charge in [-0.2, -0.15) is 0 Å². The van der Waals surface area contributed by atoms with Crippen molar-refractivity contribution in [1.82, 2.24) is 19.4 Å². The summed E-state index contributed by atoms with van der Waals surface area (Å²) in [7, 11) is 0. The number of aromatic carboxylic acids is 1. The van der Waals surface area contributed by atoms with Crippen LogP contribution in [0.5, 0.6) is 0 Å². The van der Waals surface area contributed by atoms with Gasteiger partial charge in [-0.3, -0.25) is 4.90 Å². The summed E-state index contributed by atoms with van der Waals surface area (Å²) in [5.41, 5.74) is 4.15. The number of rotatable bonds is 5. The van der Waals surface area contributed by atoms with Crippen LogP contribution in [0.2, 0.25) is 0 Å². The van der Waals surface area contributed by atoms with Gasteiger partial charge >= 0.3 is 5.97 Å². The topological polar surface area (TPSA) is 74.5 Å². The van der Waals surface area contributed by atoms with Gasteiger partial charge in [0.25, 0.3) is 0 Å². The van der Waals surface area contributed by atoms with Gasteiger partial charge in [0.15, 0.2) is 5.82 Å². The van der Waals surface area contributed by atoms with E-state index in [4.69, 9.17) is 0 Å². The van der Waals surface area contributed by atoms with Crippen molar-refractivity contribution in [1.29, 1.82) is 0 Å². The Labute approximate surface area is 176 Å². The molecule has 2 aromatic heterocycles. The summed E-state index contributed by atoms with van der Waals surface area (Å²) in [5, 5.41) is 9.82. The van der Waals surface area contributed by atoms with Crippen LogP contribution in [0.3, 0.4) is 0 Å². The summed E-state index contributed by atoms with van der Waals surface area (Å²) >= 11 is 0. The van der Waals surface area contributed by atoms with Crippen molar-refractivity contribution in [2.45, 2.75) is 32.2 Å². The maximum Gasteiger partial charge on any atom is 0.339 e. The fourth-order valence-electron chi connectivity index (χ4n) is 4.85. The van der Waals surface area contributed by atoms with E-state index >= 15 is 0 Å². The van der Waals surface area contributed by atoms with E-state index in [-0.39, 0.29) is 0 Å². The zero-order valence-corrected chi connectivity index (χ0v) is 17.1. The number of piperazine rings is 1. The minimum Gasteiger partial charge on any atom is -0.478 e. The number of anilines is 1. The number of carboxylic acids is 1. The van der Waals surface area contributed by atoms with Crippen LogP contribution in [0.4, 0.5) is 5.82 Å². The summed E-state index contributed by atoms with van der Waals surface area (Å²) in [6.07, 6.45) is 5.48. The van der Waals surface area contributed by atoms with Crippen molar-refractivity contribution in [2.24, 2.45) is 0 Å². The third-order valence-electron chi connectivity index (χ3n) is 6.41. The Hall–Kier alpha value is -2.93. The van der Waals surface area contributed by atoms with E-state index in [1.807, 2.05) is 0 Å². The highest BCUT2D eigenvalue weighted by Gasteiger charge is 2.29. The Balaban J connectivity index is 1.37. The van der Waals surface area contributed by atoms with Gasteiger partial charge in [-0.05, 0) is 31.2 Å². The molecule has 156 valence electrons. The number of nitrogens with zero attached hydrogens (tertiary/aromatic N) is 5. The van der Waals surface area contributed by atoms with E-state index in [0.29, 0.717) is 11.1 Å². The van der Waals surface area contributed by atoms with Crippen LogP contribution in [0.1, 0.15) is 34.5 Å². The molecular formula is C23H27N5O2. The van der Waals surface area contributed by atoms with Gasteiger partial charge in [0, 0.05) is 45.0 Å². The molecule has 5 rings (SSSR count). The molecule has 0 amide bonds. The second kappa shape index (κ2) is 8.07. The van der Waals surface area contributed by atoms with Gasteiger partial charge in [-0.25, -0.2) is 14.8 Å². The molecule has 0 atom stereocenters. The Morgan fingerprint density at radius 2 is 1.80 bits per heavy atom. The van der Waals surface area contributed by atoms with Crippen LogP contribution in [0.25, 0.3) is 11.0 Å². The van der Waals surface area contributed by atoms with Crippen molar-refractivity contribution in [2.75, 3.05) is 37.6 Å². The SMILES string of the molecule is O=C(O)c1c2n(c3c(N4CCN(CCc5ccccc5)CC4)ncnc13)CCCC2. The summed E-state index contributed by atoms with van der Waals surface area (Å²) < 4.78 is 2.17. The van der Waals surface area contributed by atoms with E-state index in [1.165, 1.54) is 11.9 Å². The second-order valence-electron chi connectivity index (χ2n) is 8.19. The zero-order chi connectivity index (χ0) is 20.5. The predicted molar refractivity (Wildman–Crippen MR) is 116 cm³/mol. The largest absolute Gasteiger partial charge is 0.478 e. The first-order valence-corrected chi connectivity index (χ1v) is 10.8. The van der Waals surface area contributed by atoms with Crippen LogP contribution in [-0.2, 0) is 19.4 Å². The van der Waals surface area contributed by atoms with E-state index in [9.17, 15) is 9.90 Å². The van der Waals surface area contributed by atoms with Crippen molar-refractivity contribution in [3.05, 3.63) is 53.5 Å². The number of carbonyl (C=O) groups is 1. The number of benzene rings is 1. The van der Waals surface area contributed by atoms with Crippen LogP contribution >= 0.6 is 0 Å². The summed E-state index contributed by atoms with van der Waals surface area (Å²) in [6, 6.07) is 10.6. The Bertz CT molecular complexity index is 1050. The second-order valence-corrected chi connectivity index (χ2v) is 8.19. The number of hydrogen-bond acceptors (Lipinski definition) is 5. The van der Waals surface area contributed by atoms with Crippen LogP contribution in [-0.4, -0.2) is 63.2 Å². The Kier molecular flexibility index (Phi) is 5.12. The predicted octanol–water partition coefficient (Wildman–Crippen LogP) is 2.83. The van der Waals surface area contributed by atoms with Crippen molar-refractivity contribution >= 4 is 22.8 Å². The summed E-state index contributed by atoms with van der Waals surface area (Å²) in [6.45, 7) is 5.65. The molecule has 0 saturated carbocycles. The molecule has 3 aromatic rings. The molecular weight excluding hydrogens is 378 g/mol. The van der Waals surface area contributed by atoms with Gasteiger partial charge in [-0.15, -0.1) is 0 Å². The minimum atomic E-state index is -0.883. The van der Waals surface area contributed by atoms with Crippen LogP contribution in [0, 0.1) is 0 Å². The van der Waals surface area contributed by atoms with Gasteiger partial charge in [0.05, 0.1) is 0 Å². The van der Waals surface area contributed by atoms with E-state index in [1.54, 1.807) is 0 Å². The van der Waals surface area contributed by atoms with Crippen molar-refractivity contribution < 1.29 is 9.90 Å². The minimum absolute atomic E-state index is 0.370. The third-order valence-corrected chi connectivity index (χ3v) is 6.41. The number of hydrogen-bond donors (Lipinski definition) is 1. The zero-order valence-electron chi connectivity index (χ0n) is 17.1. The standard InChI is InChI=1S/C23H27N5O2/c29-23(30)19-18-8-4-5-10-28(18)21-20(19)24-16-25-22(21)27-14-12-26(13-15-27)11-9-17-6-2-1-3-7-17/h1-3,6-7,16H,4-5,8-15H2,(H,29,30). The Morgan fingerprint density at radius 1 is 1.00 bits per heavy atom. The molecule has 1 aromatic carbocycles. The maximum absolute atomic E-state index is 12.0. The monoisotopic (exact) mass is 405 g/mol. The molecule has 2 aliphatic heterocycles. The maximum atomic E-state index is 12.0. The lowest BCUT2D eigenvalue weighted by molar-refractivity contribution is 0.0697. The molecule has 2 aliphatic rings. The summed E-state index contributed by atoms with van der Waals surface area (Å²) in [5.74, 6) is 0.00407. The number of aryl methyl sites for hydroxylation is 1. The highest BCUT2D eigenvalue weighted by molar-refractivity contribution is 6.06. The van der Waals surface area contributed by atoms with Gasteiger partial charge in [-0.1, -0.05) is 30.3 Å². The molecule has 1 saturated heterocycles. The molecule has 1 N–H and O–H groups in total. The molecule has 7 heteroatoms. The molecule has 0 spiro atoms. The molecule has 4 heterocycles. The van der Waals surface area contributed by atoms with Crippen molar-refractivity contribution in [3.8, 4) is 0 Å². The molecule has 0 bridgehead atoms. The molecule has 7 nitrogen and oxygen atoms in total. The number of aromatic nitrogens is 3. The Morgan fingerprint density at radius 3 is 2.57 bits per heavy atom. The van der Waals surface area contributed by atoms with E-state index in [0.717, 1.165) is 82.0 Å². The first-order valence-electron chi connectivity index (χ1n) is 10.8. The lowest BCUT2D eigenvalue weighted by Crippen LogP contribution is -2.47. The quantitative estimate of drug-likeness (QED) is 0.704. The van der Waals surface area contributed by atoms with Gasteiger partial charge < -0.3 is 14.6 Å². The van der Waals surface area contributed by atoms with E-state index < -0.39 is 5.97 Å². The normalized spacial score (nSPS) is 17.3.